The molecule has 0 saturated heterocycles. The molecule has 0 spiro atoms. The predicted molar refractivity (Wildman–Crippen MR) is 91.6 cm³/mol. The summed E-state index contributed by atoms with van der Waals surface area (Å²) >= 11 is 0. The number of hydrogen-bond donors (Lipinski definition) is 2. The monoisotopic (exact) mass is 353 g/mol. The highest BCUT2D eigenvalue weighted by molar-refractivity contribution is 6.07. The van der Waals surface area contributed by atoms with E-state index in [2.05, 4.69) is 15.4 Å². The molecule has 0 atom stereocenters. The number of rotatable bonds is 5. The van der Waals surface area contributed by atoms with Gasteiger partial charge in [0.1, 0.15) is 5.75 Å². The van der Waals surface area contributed by atoms with Crippen LogP contribution in [0.4, 0.5) is 10.5 Å². The number of esters is 1. The Morgan fingerprint density at radius 3 is 2.27 bits per heavy atom. The quantitative estimate of drug-likeness (QED) is 0.795. The molecular weight excluding hydrogens is 338 g/mol. The molecule has 0 aliphatic carbocycles. The van der Waals surface area contributed by atoms with Gasteiger partial charge < -0.3 is 14.8 Å². The second-order valence-electron chi connectivity index (χ2n) is 4.99. The van der Waals surface area contributed by atoms with E-state index in [4.69, 9.17) is 10.00 Å². The van der Waals surface area contributed by atoms with Crippen molar-refractivity contribution in [1.82, 2.24) is 5.32 Å². The SMILES string of the molecule is COC(=O)COc1ccc(NC(=O)NC(=O)c2ccc(C#N)cc2)cc1. The number of nitriles is 1. The van der Waals surface area contributed by atoms with Gasteiger partial charge in [-0.05, 0) is 48.5 Å². The van der Waals surface area contributed by atoms with E-state index in [0.717, 1.165) is 0 Å². The van der Waals surface area contributed by atoms with Crippen LogP contribution in [-0.4, -0.2) is 31.6 Å². The number of amides is 3. The third kappa shape index (κ3) is 5.35. The van der Waals surface area contributed by atoms with Crippen molar-refractivity contribution in [3.8, 4) is 11.8 Å². The molecule has 2 rings (SSSR count). The van der Waals surface area contributed by atoms with Crippen LogP contribution in [0.15, 0.2) is 48.5 Å². The minimum atomic E-state index is -0.706. The van der Waals surface area contributed by atoms with E-state index in [0.29, 0.717) is 17.0 Å². The summed E-state index contributed by atoms with van der Waals surface area (Å²) in [6, 6.07) is 13.3. The van der Waals surface area contributed by atoms with Gasteiger partial charge in [0.2, 0.25) is 0 Å². The molecule has 0 aliphatic rings. The van der Waals surface area contributed by atoms with Crippen LogP contribution in [0.3, 0.4) is 0 Å². The first-order valence-electron chi connectivity index (χ1n) is 7.44. The van der Waals surface area contributed by atoms with E-state index >= 15 is 0 Å². The Labute approximate surface area is 149 Å². The van der Waals surface area contributed by atoms with Crippen LogP contribution in [0.1, 0.15) is 15.9 Å². The summed E-state index contributed by atoms with van der Waals surface area (Å²) in [5, 5.41) is 13.4. The van der Waals surface area contributed by atoms with Gasteiger partial charge in [0.05, 0.1) is 18.7 Å². The number of anilines is 1. The lowest BCUT2D eigenvalue weighted by atomic mass is 10.1. The van der Waals surface area contributed by atoms with Gasteiger partial charge in [-0.25, -0.2) is 9.59 Å². The number of methoxy groups -OCH3 is 1. The van der Waals surface area contributed by atoms with Crippen LogP contribution in [0.5, 0.6) is 5.75 Å². The maximum absolute atomic E-state index is 12.0. The Morgan fingerprint density at radius 2 is 1.69 bits per heavy atom. The van der Waals surface area contributed by atoms with Gasteiger partial charge in [0, 0.05) is 11.3 Å². The maximum Gasteiger partial charge on any atom is 0.343 e. The molecule has 2 aromatic carbocycles. The number of nitrogens with zero attached hydrogens (tertiary/aromatic N) is 1. The number of hydrogen-bond acceptors (Lipinski definition) is 6. The molecular formula is C18H15N3O5. The minimum absolute atomic E-state index is 0.219. The number of carbonyl (C=O) groups excluding carboxylic acids is 3. The molecule has 0 unspecified atom stereocenters. The lowest BCUT2D eigenvalue weighted by Gasteiger charge is -2.08. The maximum atomic E-state index is 12.0. The average Bonchev–Trinajstić information content (AvgIpc) is 2.67. The minimum Gasteiger partial charge on any atom is -0.482 e. The summed E-state index contributed by atoms with van der Waals surface area (Å²) in [7, 11) is 1.26. The molecule has 2 N–H and O–H groups in total. The topological polar surface area (TPSA) is 118 Å². The fourth-order valence-corrected chi connectivity index (χ4v) is 1.87. The number of benzene rings is 2. The Balaban J connectivity index is 1.87. The first-order valence-corrected chi connectivity index (χ1v) is 7.44. The van der Waals surface area contributed by atoms with Gasteiger partial charge in [-0.15, -0.1) is 0 Å². The molecule has 0 radical (unpaired) electrons. The van der Waals surface area contributed by atoms with E-state index in [1.54, 1.807) is 24.3 Å². The van der Waals surface area contributed by atoms with Crippen molar-refractivity contribution in [3.63, 3.8) is 0 Å². The molecule has 8 heteroatoms. The second-order valence-corrected chi connectivity index (χ2v) is 4.99. The van der Waals surface area contributed by atoms with Crippen molar-refractivity contribution in [3.05, 3.63) is 59.7 Å². The third-order valence-corrected chi connectivity index (χ3v) is 3.20. The molecule has 0 bridgehead atoms. The highest BCUT2D eigenvalue weighted by Gasteiger charge is 2.10. The van der Waals surface area contributed by atoms with Crippen LogP contribution in [0, 0.1) is 11.3 Å². The number of urea groups is 1. The zero-order valence-electron chi connectivity index (χ0n) is 13.8. The van der Waals surface area contributed by atoms with Gasteiger partial charge in [0.25, 0.3) is 5.91 Å². The number of nitrogens with one attached hydrogen (secondary N) is 2. The fourth-order valence-electron chi connectivity index (χ4n) is 1.87. The van der Waals surface area contributed by atoms with Gasteiger partial charge in [0.15, 0.2) is 6.61 Å². The fraction of sp³-hybridized carbons (Fsp3) is 0.111. The summed E-state index contributed by atoms with van der Waals surface area (Å²) in [6.45, 7) is -0.219. The summed E-state index contributed by atoms with van der Waals surface area (Å²) in [4.78, 5) is 34.8. The molecule has 2 aromatic rings. The lowest BCUT2D eigenvalue weighted by Crippen LogP contribution is -2.34. The third-order valence-electron chi connectivity index (χ3n) is 3.20. The largest absolute Gasteiger partial charge is 0.482 e. The molecule has 0 aromatic heterocycles. The Hall–Kier alpha value is -3.86. The van der Waals surface area contributed by atoms with Crippen molar-refractivity contribution in [2.24, 2.45) is 0 Å². The highest BCUT2D eigenvalue weighted by Crippen LogP contribution is 2.15. The normalized spacial score (nSPS) is 9.54. The van der Waals surface area contributed by atoms with Crippen LogP contribution in [0.25, 0.3) is 0 Å². The molecule has 8 nitrogen and oxygen atoms in total. The van der Waals surface area contributed by atoms with Gasteiger partial charge in [-0.3, -0.25) is 10.1 Å². The summed E-state index contributed by atoms with van der Waals surface area (Å²) in [6.07, 6.45) is 0. The smallest absolute Gasteiger partial charge is 0.343 e. The van der Waals surface area contributed by atoms with E-state index in [1.807, 2.05) is 6.07 Å². The van der Waals surface area contributed by atoms with Gasteiger partial charge >= 0.3 is 12.0 Å². The van der Waals surface area contributed by atoms with Crippen LogP contribution in [0.2, 0.25) is 0 Å². The molecule has 3 amide bonds. The van der Waals surface area contributed by atoms with Crippen molar-refractivity contribution in [2.75, 3.05) is 19.0 Å². The highest BCUT2D eigenvalue weighted by atomic mass is 16.6. The standard InChI is InChI=1S/C18H15N3O5/c1-25-16(22)11-26-15-8-6-14(7-9-15)20-18(24)21-17(23)13-4-2-12(10-19)3-5-13/h2-9H,11H2,1H3,(H2,20,21,23,24). The zero-order chi connectivity index (χ0) is 18.9. The molecule has 0 aliphatic heterocycles. The van der Waals surface area contributed by atoms with Gasteiger partial charge in [-0.2, -0.15) is 5.26 Å². The predicted octanol–water partition coefficient (Wildman–Crippen LogP) is 2.07. The van der Waals surface area contributed by atoms with Crippen LogP contribution < -0.4 is 15.4 Å². The first-order chi connectivity index (χ1) is 12.5. The van der Waals surface area contributed by atoms with E-state index < -0.39 is 17.9 Å². The Kier molecular flexibility index (Phi) is 6.28. The van der Waals surface area contributed by atoms with E-state index in [-0.39, 0.29) is 12.2 Å². The van der Waals surface area contributed by atoms with Crippen LogP contribution >= 0.6 is 0 Å². The molecule has 132 valence electrons. The van der Waals surface area contributed by atoms with E-state index in [1.165, 1.54) is 31.4 Å². The zero-order valence-corrected chi connectivity index (χ0v) is 13.8. The Bertz CT molecular complexity index is 839. The van der Waals surface area contributed by atoms with Crippen molar-refractivity contribution in [2.45, 2.75) is 0 Å². The summed E-state index contributed by atoms with van der Waals surface area (Å²) < 4.78 is 9.64. The molecule has 0 heterocycles. The van der Waals surface area contributed by atoms with Gasteiger partial charge in [-0.1, -0.05) is 0 Å². The summed E-state index contributed by atoms with van der Waals surface area (Å²) in [5.74, 6) is -0.673. The van der Waals surface area contributed by atoms with E-state index in [9.17, 15) is 14.4 Å². The van der Waals surface area contributed by atoms with Crippen molar-refractivity contribution >= 4 is 23.6 Å². The number of imide groups is 1. The van der Waals surface area contributed by atoms with Crippen molar-refractivity contribution < 1.29 is 23.9 Å². The number of carbonyl (C=O) groups is 3. The second kappa shape index (κ2) is 8.84. The Morgan fingerprint density at radius 1 is 1.04 bits per heavy atom. The number of ether oxygens (including phenoxy) is 2. The van der Waals surface area contributed by atoms with Crippen LogP contribution in [-0.2, 0) is 9.53 Å². The lowest BCUT2D eigenvalue weighted by molar-refractivity contribution is -0.142. The first kappa shape index (κ1) is 18.5. The molecule has 26 heavy (non-hydrogen) atoms. The molecule has 0 saturated carbocycles. The summed E-state index contributed by atoms with van der Waals surface area (Å²) in [5.41, 5.74) is 1.10. The molecule has 0 fully saturated rings. The average molecular weight is 353 g/mol. The van der Waals surface area contributed by atoms with Crippen molar-refractivity contribution in [1.29, 1.82) is 5.26 Å².